The van der Waals surface area contributed by atoms with E-state index in [4.69, 9.17) is 0 Å². The van der Waals surface area contributed by atoms with Crippen molar-refractivity contribution in [2.45, 2.75) is 126 Å². The first-order chi connectivity index (χ1) is 15.1. The van der Waals surface area contributed by atoms with Gasteiger partial charge in [-0.2, -0.15) is 16.8 Å². The Morgan fingerprint density at radius 3 is 1.47 bits per heavy atom. The lowest BCUT2D eigenvalue weighted by Gasteiger charge is -2.16. The van der Waals surface area contributed by atoms with Gasteiger partial charge in [0, 0.05) is 0 Å². The Balaban J connectivity index is 2.99. The summed E-state index contributed by atoms with van der Waals surface area (Å²) in [6.45, 7) is 4.33. The maximum absolute atomic E-state index is 12.1. The molecule has 6 nitrogen and oxygen atoms in total. The number of rotatable bonds is 18. The van der Waals surface area contributed by atoms with Gasteiger partial charge in [0.25, 0.3) is 20.2 Å². The Kier molecular flexibility index (Phi) is 13.7. The minimum Gasteiger partial charge on any atom is -0.282 e. The molecule has 32 heavy (non-hydrogen) atoms. The van der Waals surface area contributed by atoms with E-state index in [9.17, 15) is 25.9 Å². The second kappa shape index (κ2) is 15.0. The summed E-state index contributed by atoms with van der Waals surface area (Å²) < 4.78 is 67.3. The highest BCUT2D eigenvalue weighted by Gasteiger charge is 2.28. The zero-order valence-corrected chi connectivity index (χ0v) is 21.4. The molecular weight excluding hydrogens is 448 g/mol. The molecule has 1 aromatic carbocycles. The normalized spacial score (nSPS) is 12.4. The summed E-state index contributed by atoms with van der Waals surface area (Å²) in [6.07, 6.45) is 16.1. The van der Waals surface area contributed by atoms with Crippen LogP contribution in [0.25, 0.3) is 0 Å². The van der Waals surface area contributed by atoms with Crippen LogP contribution in [0, 0.1) is 0 Å². The Morgan fingerprint density at radius 2 is 1.03 bits per heavy atom. The number of unbranched alkanes of at least 4 members (excludes halogenated alkanes) is 12. The van der Waals surface area contributed by atoms with Crippen molar-refractivity contribution >= 4 is 20.2 Å². The zero-order valence-electron chi connectivity index (χ0n) is 19.8. The van der Waals surface area contributed by atoms with Gasteiger partial charge in [-0.3, -0.25) is 9.11 Å². The van der Waals surface area contributed by atoms with Crippen molar-refractivity contribution in [2.24, 2.45) is 0 Å². The Labute approximate surface area is 195 Å². The van der Waals surface area contributed by atoms with E-state index in [0.717, 1.165) is 50.2 Å². The molecule has 186 valence electrons. The van der Waals surface area contributed by atoms with E-state index in [2.05, 4.69) is 13.8 Å². The van der Waals surface area contributed by atoms with Crippen LogP contribution in [0.5, 0.6) is 0 Å². The highest BCUT2D eigenvalue weighted by atomic mass is 32.2. The van der Waals surface area contributed by atoms with E-state index in [0.29, 0.717) is 24.8 Å². The van der Waals surface area contributed by atoms with Gasteiger partial charge in [-0.05, 0) is 42.9 Å². The van der Waals surface area contributed by atoms with Crippen molar-refractivity contribution in [3.05, 3.63) is 23.3 Å². The summed E-state index contributed by atoms with van der Waals surface area (Å²) in [5.41, 5.74) is 1.08. The molecule has 0 aliphatic rings. The summed E-state index contributed by atoms with van der Waals surface area (Å²) in [6, 6.07) is 2.69. The van der Waals surface area contributed by atoms with Crippen molar-refractivity contribution < 1.29 is 25.9 Å². The topological polar surface area (TPSA) is 109 Å². The molecular formula is C24H42O6S2. The van der Waals surface area contributed by atoms with Gasteiger partial charge < -0.3 is 0 Å². The van der Waals surface area contributed by atoms with E-state index in [1.807, 2.05) is 0 Å². The molecule has 0 atom stereocenters. The maximum atomic E-state index is 12.1. The smallest absolute Gasteiger partial charge is 0.282 e. The third-order valence-corrected chi connectivity index (χ3v) is 7.94. The van der Waals surface area contributed by atoms with Crippen molar-refractivity contribution in [3.8, 4) is 0 Å². The number of aryl methyl sites for hydroxylation is 1. The average Bonchev–Trinajstić information content (AvgIpc) is 2.71. The van der Waals surface area contributed by atoms with Gasteiger partial charge in [-0.15, -0.1) is 0 Å². The Hall–Kier alpha value is -0.960. The molecule has 0 aliphatic heterocycles. The van der Waals surface area contributed by atoms with Crippen LogP contribution in [-0.4, -0.2) is 25.9 Å². The van der Waals surface area contributed by atoms with Gasteiger partial charge in [0.15, 0.2) is 0 Å². The summed E-state index contributed by atoms with van der Waals surface area (Å²) in [4.78, 5) is -1.38. The highest BCUT2D eigenvalue weighted by Crippen LogP contribution is 2.30. The monoisotopic (exact) mass is 490 g/mol. The third kappa shape index (κ3) is 10.8. The van der Waals surface area contributed by atoms with Crippen LogP contribution in [0.3, 0.4) is 0 Å². The summed E-state index contributed by atoms with van der Waals surface area (Å²) in [5, 5.41) is 0. The van der Waals surface area contributed by atoms with E-state index in [1.165, 1.54) is 44.9 Å². The quantitative estimate of drug-likeness (QED) is 0.174. The zero-order chi connectivity index (χ0) is 24.0. The molecule has 1 rings (SSSR count). The SMILES string of the molecule is CCCCCCCCCc1ccc(S(=O)(=O)O)c(S(=O)(=O)O)c1CCCCCCCCC. The lowest BCUT2D eigenvalue weighted by Crippen LogP contribution is -2.14. The lowest BCUT2D eigenvalue weighted by molar-refractivity contribution is 0.464. The molecule has 0 radical (unpaired) electrons. The predicted octanol–water partition coefficient (Wildman–Crippen LogP) is 6.77. The molecule has 0 bridgehead atoms. The third-order valence-electron chi connectivity index (χ3n) is 5.94. The van der Waals surface area contributed by atoms with Gasteiger partial charge in [0.2, 0.25) is 0 Å². The first-order valence-electron chi connectivity index (χ1n) is 12.2. The minimum absolute atomic E-state index is 0.335. The summed E-state index contributed by atoms with van der Waals surface area (Å²) in [5.74, 6) is 0. The molecule has 0 fully saturated rings. The van der Waals surface area contributed by atoms with Crippen LogP contribution in [0.15, 0.2) is 21.9 Å². The van der Waals surface area contributed by atoms with E-state index < -0.39 is 30.0 Å². The number of hydrogen-bond acceptors (Lipinski definition) is 4. The maximum Gasteiger partial charge on any atom is 0.296 e. The molecule has 1 aromatic rings. The minimum atomic E-state index is -4.81. The van der Waals surface area contributed by atoms with Gasteiger partial charge >= 0.3 is 0 Å². The summed E-state index contributed by atoms with van der Waals surface area (Å²) in [7, 11) is -9.59. The average molecular weight is 491 g/mol. The van der Waals surface area contributed by atoms with Gasteiger partial charge in [-0.1, -0.05) is 97.0 Å². The van der Waals surface area contributed by atoms with E-state index in [1.54, 1.807) is 6.07 Å². The standard InChI is InChI=1S/C24H42O6S2/c1-3-5-7-9-11-13-15-17-21-19-20-23(31(25,26)27)24(32(28,29)30)22(21)18-16-14-12-10-8-6-4-2/h19-20H,3-18H2,1-2H3,(H,25,26,27)(H,28,29,30). The van der Waals surface area contributed by atoms with Crippen LogP contribution in [-0.2, 0) is 33.1 Å². The van der Waals surface area contributed by atoms with Gasteiger partial charge in [0.05, 0.1) is 0 Å². The van der Waals surface area contributed by atoms with E-state index >= 15 is 0 Å². The van der Waals surface area contributed by atoms with Crippen LogP contribution in [0.2, 0.25) is 0 Å². The fourth-order valence-corrected chi connectivity index (χ4v) is 6.27. The van der Waals surface area contributed by atoms with Crippen LogP contribution < -0.4 is 0 Å². The first-order valence-corrected chi connectivity index (χ1v) is 15.1. The van der Waals surface area contributed by atoms with Crippen LogP contribution >= 0.6 is 0 Å². The second-order valence-electron chi connectivity index (χ2n) is 8.72. The van der Waals surface area contributed by atoms with Crippen LogP contribution in [0.1, 0.15) is 115 Å². The second-order valence-corrected chi connectivity index (χ2v) is 11.5. The fraction of sp³-hybridized carbons (Fsp3) is 0.750. The first kappa shape index (κ1) is 29.1. The molecule has 0 heterocycles. The highest BCUT2D eigenvalue weighted by molar-refractivity contribution is 7.89. The number of hydrogen-bond donors (Lipinski definition) is 2. The van der Waals surface area contributed by atoms with Crippen molar-refractivity contribution in [2.75, 3.05) is 0 Å². The van der Waals surface area contributed by atoms with Crippen molar-refractivity contribution in [1.82, 2.24) is 0 Å². The van der Waals surface area contributed by atoms with Crippen molar-refractivity contribution in [3.63, 3.8) is 0 Å². The van der Waals surface area contributed by atoms with Crippen molar-refractivity contribution in [1.29, 1.82) is 0 Å². The largest absolute Gasteiger partial charge is 0.296 e. The molecule has 0 aromatic heterocycles. The van der Waals surface area contributed by atoms with Gasteiger partial charge in [0.1, 0.15) is 9.79 Å². The molecule has 0 saturated heterocycles. The fourth-order valence-electron chi connectivity index (χ4n) is 4.17. The molecule has 0 spiro atoms. The molecule has 0 aliphatic carbocycles. The molecule has 0 unspecified atom stereocenters. The predicted molar refractivity (Wildman–Crippen MR) is 129 cm³/mol. The lowest BCUT2D eigenvalue weighted by atomic mass is 9.96. The molecule has 0 amide bonds. The van der Waals surface area contributed by atoms with Crippen LogP contribution in [0.4, 0.5) is 0 Å². The molecule has 2 N–H and O–H groups in total. The molecule has 8 heteroatoms. The van der Waals surface area contributed by atoms with Gasteiger partial charge in [-0.25, -0.2) is 0 Å². The number of benzene rings is 1. The Bertz CT molecular complexity index is 876. The molecule has 0 saturated carbocycles. The van der Waals surface area contributed by atoms with E-state index in [-0.39, 0.29) is 0 Å². The summed E-state index contributed by atoms with van der Waals surface area (Å²) >= 11 is 0. The Morgan fingerprint density at radius 1 is 0.594 bits per heavy atom.